The molecule has 0 spiro atoms. The van der Waals surface area contributed by atoms with Gasteiger partial charge in [0.15, 0.2) is 0 Å². The largest absolute Gasteiger partial charge is 0.365 e. The van der Waals surface area contributed by atoms with Crippen LogP contribution in [-0.2, 0) is 9.53 Å². The van der Waals surface area contributed by atoms with Crippen molar-refractivity contribution in [2.45, 2.75) is 32.2 Å². The molecular formula is C15H17F4N3O2. The number of nitrogens with zero attached hydrogens (tertiary/aromatic N) is 1. The summed E-state index contributed by atoms with van der Waals surface area (Å²) in [6.45, 7) is 1.32. The quantitative estimate of drug-likeness (QED) is 0.757. The van der Waals surface area contributed by atoms with Crippen molar-refractivity contribution in [1.29, 1.82) is 0 Å². The number of carbonyl (C=O) groups excluding carboxylic acids is 1. The smallest absolute Gasteiger partial charge is 0.330 e. The van der Waals surface area contributed by atoms with Crippen LogP contribution in [0.5, 0.6) is 0 Å². The number of nitrogens with one attached hydrogen (secondary N) is 2. The number of carbonyl (C=O) groups is 1. The maximum atomic E-state index is 12.7. The summed E-state index contributed by atoms with van der Waals surface area (Å²) in [5.74, 6) is -4.49. The van der Waals surface area contributed by atoms with Crippen molar-refractivity contribution in [1.82, 2.24) is 15.3 Å². The molecule has 0 fully saturated rings. The van der Waals surface area contributed by atoms with E-state index in [1.165, 1.54) is 0 Å². The fourth-order valence-corrected chi connectivity index (χ4v) is 2.04. The average Bonchev–Trinajstić information content (AvgIpc) is 2.89. The van der Waals surface area contributed by atoms with Crippen LogP contribution in [0.2, 0.25) is 0 Å². The van der Waals surface area contributed by atoms with Gasteiger partial charge in [0.25, 0.3) is 0 Å². The van der Waals surface area contributed by atoms with E-state index in [1.807, 2.05) is 25.1 Å². The van der Waals surface area contributed by atoms with Gasteiger partial charge >= 0.3 is 12.3 Å². The second-order valence-corrected chi connectivity index (χ2v) is 5.49. The summed E-state index contributed by atoms with van der Waals surface area (Å²) in [6.07, 6.45) is -3.83. The fraction of sp³-hybridized carbons (Fsp3) is 0.467. The Kier molecular flexibility index (Phi) is 5.43. The van der Waals surface area contributed by atoms with E-state index < -0.39 is 37.5 Å². The molecule has 2 N–H and O–H groups in total. The van der Waals surface area contributed by atoms with E-state index in [-0.39, 0.29) is 0 Å². The van der Waals surface area contributed by atoms with Crippen LogP contribution in [0.25, 0.3) is 11.0 Å². The summed E-state index contributed by atoms with van der Waals surface area (Å²) in [7, 11) is 0. The number of H-pyrrole nitrogens is 1. The average molecular weight is 347 g/mol. The van der Waals surface area contributed by atoms with Crippen molar-refractivity contribution < 1.29 is 27.1 Å². The van der Waals surface area contributed by atoms with Crippen LogP contribution in [0.15, 0.2) is 18.2 Å². The molecule has 5 nitrogen and oxygen atoms in total. The number of amides is 1. The third-order valence-electron chi connectivity index (χ3n) is 3.29. The van der Waals surface area contributed by atoms with E-state index in [2.05, 4.69) is 20.0 Å². The SMILES string of the molecule is Cc1ccc2nc(C(C)NC(=O)COCC(F)(F)C(F)F)[nH]c2c1. The number of alkyl halides is 4. The molecule has 0 saturated heterocycles. The van der Waals surface area contributed by atoms with E-state index in [0.717, 1.165) is 16.6 Å². The highest BCUT2D eigenvalue weighted by Gasteiger charge is 2.41. The Bertz CT molecular complexity index is 718. The van der Waals surface area contributed by atoms with Crippen molar-refractivity contribution in [2.24, 2.45) is 0 Å². The molecule has 0 saturated carbocycles. The van der Waals surface area contributed by atoms with Gasteiger partial charge in [-0.3, -0.25) is 4.79 Å². The van der Waals surface area contributed by atoms with Crippen LogP contribution in [-0.4, -0.2) is 41.4 Å². The van der Waals surface area contributed by atoms with Gasteiger partial charge in [-0.05, 0) is 31.5 Å². The minimum atomic E-state index is -4.28. The molecule has 132 valence electrons. The number of imidazole rings is 1. The Labute approximate surface area is 135 Å². The molecule has 0 radical (unpaired) electrons. The van der Waals surface area contributed by atoms with Gasteiger partial charge in [-0.15, -0.1) is 0 Å². The first-order valence-electron chi connectivity index (χ1n) is 7.18. The summed E-state index contributed by atoms with van der Waals surface area (Å²) < 4.78 is 53.6. The normalized spacial score (nSPS) is 13.5. The van der Waals surface area contributed by atoms with E-state index in [1.54, 1.807) is 6.92 Å². The first kappa shape index (κ1) is 18.2. The Balaban J connectivity index is 1.88. The summed E-state index contributed by atoms with van der Waals surface area (Å²) in [5, 5.41) is 2.50. The minimum Gasteiger partial charge on any atom is -0.365 e. The molecule has 1 aromatic heterocycles. The Morgan fingerprint density at radius 3 is 2.79 bits per heavy atom. The maximum Gasteiger partial charge on any atom is 0.330 e. The molecule has 9 heteroatoms. The van der Waals surface area contributed by atoms with Crippen LogP contribution in [0.4, 0.5) is 17.6 Å². The van der Waals surface area contributed by atoms with Gasteiger partial charge in [0, 0.05) is 0 Å². The highest BCUT2D eigenvalue weighted by Crippen LogP contribution is 2.22. The van der Waals surface area contributed by atoms with Crippen molar-refractivity contribution in [3.8, 4) is 0 Å². The molecule has 1 amide bonds. The number of rotatable bonds is 7. The lowest BCUT2D eigenvalue weighted by atomic mass is 10.2. The highest BCUT2D eigenvalue weighted by atomic mass is 19.3. The molecular weight excluding hydrogens is 330 g/mol. The molecule has 1 atom stereocenters. The van der Waals surface area contributed by atoms with Crippen molar-refractivity contribution in [3.05, 3.63) is 29.6 Å². The summed E-state index contributed by atoms with van der Waals surface area (Å²) in [4.78, 5) is 19.0. The molecule has 0 aliphatic carbocycles. The standard InChI is InChI=1S/C15H17F4N3O2/c1-8-3-4-10-11(5-8)22-13(21-10)9(2)20-12(23)6-24-7-15(18,19)14(16)17/h3-5,9,14H,6-7H2,1-2H3,(H,20,23)(H,21,22). The molecule has 24 heavy (non-hydrogen) atoms. The summed E-state index contributed by atoms with van der Waals surface area (Å²) in [5.41, 5.74) is 2.58. The lowest BCUT2D eigenvalue weighted by Crippen LogP contribution is -2.36. The van der Waals surface area contributed by atoms with Crippen molar-refractivity contribution >= 4 is 16.9 Å². The zero-order valence-corrected chi connectivity index (χ0v) is 13.1. The molecule has 0 aliphatic heterocycles. The highest BCUT2D eigenvalue weighted by molar-refractivity contribution is 5.78. The maximum absolute atomic E-state index is 12.7. The molecule has 0 bridgehead atoms. The van der Waals surface area contributed by atoms with E-state index >= 15 is 0 Å². The van der Waals surface area contributed by atoms with Gasteiger partial charge < -0.3 is 15.0 Å². The topological polar surface area (TPSA) is 67.0 Å². The molecule has 2 rings (SSSR count). The van der Waals surface area contributed by atoms with E-state index in [4.69, 9.17) is 0 Å². The van der Waals surface area contributed by atoms with Crippen molar-refractivity contribution in [3.63, 3.8) is 0 Å². The van der Waals surface area contributed by atoms with Crippen LogP contribution in [0.3, 0.4) is 0 Å². The zero-order valence-electron chi connectivity index (χ0n) is 13.1. The number of hydrogen-bond donors (Lipinski definition) is 2. The van der Waals surface area contributed by atoms with Crippen molar-refractivity contribution in [2.75, 3.05) is 13.2 Å². The van der Waals surface area contributed by atoms with Gasteiger partial charge in [0.1, 0.15) is 19.0 Å². The van der Waals surface area contributed by atoms with Gasteiger partial charge in [-0.1, -0.05) is 6.07 Å². The number of benzene rings is 1. The molecule has 1 aromatic carbocycles. The number of aryl methyl sites for hydroxylation is 1. The van der Waals surface area contributed by atoms with Crippen LogP contribution < -0.4 is 5.32 Å². The van der Waals surface area contributed by atoms with Crippen LogP contribution in [0, 0.1) is 6.92 Å². The predicted molar refractivity (Wildman–Crippen MR) is 79.2 cm³/mol. The summed E-state index contributed by atoms with van der Waals surface area (Å²) >= 11 is 0. The monoisotopic (exact) mass is 347 g/mol. The molecule has 1 unspecified atom stereocenters. The van der Waals surface area contributed by atoms with E-state index in [0.29, 0.717) is 5.82 Å². The van der Waals surface area contributed by atoms with Gasteiger partial charge in [0.2, 0.25) is 5.91 Å². The molecule has 1 heterocycles. The number of hydrogen-bond acceptors (Lipinski definition) is 3. The number of aromatic nitrogens is 2. The van der Waals surface area contributed by atoms with Gasteiger partial charge in [-0.25, -0.2) is 13.8 Å². The van der Waals surface area contributed by atoms with Gasteiger partial charge in [-0.2, -0.15) is 8.78 Å². The summed E-state index contributed by atoms with van der Waals surface area (Å²) in [6, 6.07) is 5.10. The Morgan fingerprint density at radius 1 is 1.42 bits per heavy atom. The molecule has 2 aromatic rings. The van der Waals surface area contributed by atoms with E-state index in [9.17, 15) is 22.4 Å². The van der Waals surface area contributed by atoms with Gasteiger partial charge in [0.05, 0.1) is 17.1 Å². The second kappa shape index (κ2) is 7.16. The number of halogens is 4. The zero-order chi connectivity index (χ0) is 17.9. The lowest BCUT2D eigenvalue weighted by molar-refractivity contribution is -0.168. The predicted octanol–water partition coefficient (Wildman–Crippen LogP) is 2.97. The number of aromatic amines is 1. The van der Waals surface area contributed by atoms with Crippen LogP contribution in [0.1, 0.15) is 24.4 Å². The molecule has 0 aliphatic rings. The Morgan fingerprint density at radius 2 is 2.12 bits per heavy atom. The first-order chi connectivity index (χ1) is 11.2. The van der Waals surface area contributed by atoms with Crippen LogP contribution >= 0.6 is 0 Å². The minimum absolute atomic E-state index is 0.488. The Hall–Kier alpha value is -2.16. The third kappa shape index (κ3) is 4.44. The number of fused-ring (bicyclic) bond motifs is 1. The fourth-order valence-electron chi connectivity index (χ4n) is 2.04. The first-order valence-corrected chi connectivity index (χ1v) is 7.18. The number of ether oxygens (including phenoxy) is 1. The third-order valence-corrected chi connectivity index (χ3v) is 3.29. The second-order valence-electron chi connectivity index (χ2n) is 5.49. The lowest BCUT2D eigenvalue weighted by Gasteiger charge is -2.16.